The van der Waals surface area contributed by atoms with Gasteiger partial charge in [-0.15, -0.1) is 0 Å². The number of rotatable bonds is 9. The summed E-state index contributed by atoms with van der Waals surface area (Å²) in [5, 5.41) is 0. The van der Waals surface area contributed by atoms with Crippen LogP contribution in [0.1, 0.15) is 66.2 Å². The third kappa shape index (κ3) is 8.91. The Kier molecular flexibility index (Phi) is 9.80. The molecule has 0 aliphatic rings. The van der Waals surface area contributed by atoms with Gasteiger partial charge in [0, 0.05) is 17.8 Å². The summed E-state index contributed by atoms with van der Waals surface area (Å²) in [6, 6.07) is 0. The van der Waals surface area contributed by atoms with Gasteiger partial charge in [-0.05, 0) is 32.8 Å². The zero-order valence-corrected chi connectivity index (χ0v) is 12.1. The fourth-order valence-electron chi connectivity index (χ4n) is 1.77. The maximum absolute atomic E-state index is 4.47. The molecule has 0 aromatic rings. The molecule has 0 N–H and O–H groups in total. The van der Waals surface area contributed by atoms with E-state index in [0.29, 0.717) is 5.92 Å². The molecule has 0 fully saturated rings. The number of hydrogen-bond acceptors (Lipinski definition) is 1. The van der Waals surface area contributed by atoms with Crippen molar-refractivity contribution in [3.8, 4) is 0 Å². The molecule has 0 amide bonds. The fraction of sp³-hybridized carbons (Fsp3) is 0.688. The Morgan fingerprint density at radius 1 is 1.12 bits per heavy atom. The Morgan fingerprint density at radius 2 is 1.65 bits per heavy atom. The Morgan fingerprint density at radius 3 is 2.06 bits per heavy atom. The van der Waals surface area contributed by atoms with Gasteiger partial charge >= 0.3 is 0 Å². The van der Waals surface area contributed by atoms with Crippen LogP contribution in [-0.2, 0) is 0 Å². The molecule has 1 nitrogen and oxygen atoms in total. The predicted octanol–water partition coefficient (Wildman–Crippen LogP) is 5.53. The second-order valence-electron chi connectivity index (χ2n) is 4.99. The Hall–Kier alpha value is -0.850. The number of aliphatic imine (C=N–C) groups is 1. The summed E-state index contributed by atoms with van der Waals surface area (Å²) in [7, 11) is 0. The minimum atomic E-state index is 0.580. The van der Waals surface area contributed by atoms with Crippen molar-refractivity contribution in [1.82, 2.24) is 0 Å². The van der Waals surface area contributed by atoms with E-state index in [1.165, 1.54) is 44.1 Å². The van der Waals surface area contributed by atoms with E-state index < -0.39 is 0 Å². The van der Waals surface area contributed by atoms with Gasteiger partial charge < -0.3 is 0 Å². The van der Waals surface area contributed by atoms with Crippen molar-refractivity contribution in [3.05, 3.63) is 23.9 Å². The second kappa shape index (κ2) is 10.3. The zero-order valence-electron chi connectivity index (χ0n) is 12.1. The molecule has 0 aromatic carbocycles. The average molecular weight is 235 g/mol. The van der Waals surface area contributed by atoms with E-state index >= 15 is 0 Å². The molecule has 0 aliphatic heterocycles. The van der Waals surface area contributed by atoms with Crippen molar-refractivity contribution in [2.75, 3.05) is 0 Å². The van der Waals surface area contributed by atoms with Gasteiger partial charge in [-0.1, -0.05) is 51.7 Å². The molecular weight excluding hydrogens is 206 g/mol. The van der Waals surface area contributed by atoms with Crippen molar-refractivity contribution in [1.29, 1.82) is 0 Å². The van der Waals surface area contributed by atoms with Crippen LogP contribution in [0.25, 0.3) is 0 Å². The molecule has 0 bridgehead atoms. The van der Waals surface area contributed by atoms with Crippen LogP contribution in [0.5, 0.6) is 0 Å². The molecule has 0 saturated heterocycles. The lowest BCUT2D eigenvalue weighted by Crippen LogP contribution is -2.02. The molecule has 0 atom stereocenters. The van der Waals surface area contributed by atoms with Crippen LogP contribution in [0.15, 0.2) is 28.9 Å². The van der Waals surface area contributed by atoms with Gasteiger partial charge in [0.2, 0.25) is 0 Å². The van der Waals surface area contributed by atoms with Crippen molar-refractivity contribution >= 4 is 6.21 Å². The standard InChI is InChI=1S/C16H29N/c1-6-8-10-16(11-9-7-2)15(5)17-13-12-14(3)4/h12-13,16H,5-11H2,1-4H3. The summed E-state index contributed by atoms with van der Waals surface area (Å²) in [5.74, 6) is 0.580. The topological polar surface area (TPSA) is 12.4 Å². The van der Waals surface area contributed by atoms with E-state index in [1.807, 2.05) is 12.3 Å². The first kappa shape index (κ1) is 16.1. The third-order valence-electron chi connectivity index (χ3n) is 2.93. The summed E-state index contributed by atoms with van der Waals surface area (Å²) in [6.07, 6.45) is 11.5. The van der Waals surface area contributed by atoms with Gasteiger partial charge in [0.1, 0.15) is 0 Å². The smallest absolute Gasteiger partial charge is 0.0362 e. The maximum atomic E-state index is 4.47. The summed E-state index contributed by atoms with van der Waals surface area (Å²) in [4.78, 5) is 4.47. The van der Waals surface area contributed by atoms with Gasteiger partial charge in [0.25, 0.3) is 0 Å². The lowest BCUT2D eigenvalue weighted by Gasteiger charge is -2.15. The van der Waals surface area contributed by atoms with Crippen LogP contribution in [0, 0.1) is 5.92 Å². The molecule has 0 radical (unpaired) electrons. The highest BCUT2D eigenvalue weighted by molar-refractivity contribution is 5.72. The van der Waals surface area contributed by atoms with Gasteiger partial charge in [-0.25, -0.2) is 0 Å². The molecule has 98 valence electrons. The van der Waals surface area contributed by atoms with Crippen LogP contribution in [0.3, 0.4) is 0 Å². The monoisotopic (exact) mass is 235 g/mol. The quantitative estimate of drug-likeness (QED) is 0.466. The molecule has 0 aliphatic carbocycles. The first-order valence-corrected chi connectivity index (χ1v) is 6.98. The first-order valence-electron chi connectivity index (χ1n) is 6.98. The zero-order chi connectivity index (χ0) is 13.1. The third-order valence-corrected chi connectivity index (χ3v) is 2.93. The van der Waals surface area contributed by atoms with Crippen molar-refractivity contribution in [3.63, 3.8) is 0 Å². The van der Waals surface area contributed by atoms with Gasteiger partial charge in [0.15, 0.2) is 0 Å². The summed E-state index contributed by atoms with van der Waals surface area (Å²) in [6.45, 7) is 12.8. The summed E-state index contributed by atoms with van der Waals surface area (Å²) < 4.78 is 0. The van der Waals surface area contributed by atoms with Crippen LogP contribution >= 0.6 is 0 Å². The Labute approximate surface area is 108 Å². The van der Waals surface area contributed by atoms with Gasteiger partial charge in [-0.3, -0.25) is 4.99 Å². The fourth-order valence-corrected chi connectivity index (χ4v) is 1.77. The van der Waals surface area contributed by atoms with Crippen molar-refractivity contribution in [2.24, 2.45) is 10.9 Å². The molecule has 1 heteroatoms. The van der Waals surface area contributed by atoms with Gasteiger partial charge in [0.05, 0.1) is 0 Å². The normalized spacial score (nSPS) is 11.1. The van der Waals surface area contributed by atoms with Crippen molar-refractivity contribution < 1.29 is 0 Å². The number of nitrogens with zero attached hydrogens (tertiary/aromatic N) is 1. The largest absolute Gasteiger partial charge is 0.262 e. The maximum Gasteiger partial charge on any atom is 0.0362 e. The molecule has 0 heterocycles. The highest BCUT2D eigenvalue weighted by atomic mass is 14.7. The SMILES string of the molecule is C=C(N=CC=C(C)C)C(CCCC)CCCC. The van der Waals surface area contributed by atoms with Gasteiger partial charge in [-0.2, -0.15) is 0 Å². The second-order valence-corrected chi connectivity index (χ2v) is 4.99. The molecule has 0 rings (SSSR count). The number of allylic oxidation sites excluding steroid dienone is 3. The Balaban J connectivity index is 4.29. The number of hydrogen-bond donors (Lipinski definition) is 0. The van der Waals surface area contributed by atoms with Crippen LogP contribution in [-0.4, -0.2) is 6.21 Å². The molecule has 0 aromatic heterocycles. The molecular formula is C16H29N. The van der Waals surface area contributed by atoms with Crippen LogP contribution in [0.2, 0.25) is 0 Å². The van der Waals surface area contributed by atoms with E-state index in [-0.39, 0.29) is 0 Å². The molecule has 0 saturated carbocycles. The van der Waals surface area contributed by atoms with E-state index in [9.17, 15) is 0 Å². The van der Waals surface area contributed by atoms with E-state index in [4.69, 9.17) is 0 Å². The summed E-state index contributed by atoms with van der Waals surface area (Å²) >= 11 is 0. The van der Waals surface area contributed by atoms with E-state index in [2.05, 4.69) is 39.3 Å². The minimum Gasteiger partial charge on any atom is -0.262 e. The Bertz CT molecular complexity index is 249. The lowest BCUT2D eigenvalue weighted by atomic mass is 9.93. The van der Waals surface area contributed by atoms with Crippen LogP contribution < -0.4 is 0 Å². The minimum absolute atomic E-state index is 0.580. The van der Waals surface area contributed by atoms with Crippen molar-refractivity contribution in [2.45, 2.75) is 66.2 Å². The molecule has 0 unspecified atom stereocenters. The van der Waals surface area contributed by atoms with E-state index in [0.717, 1.165) is 5.70 Å². The predicted molar refractivity (Wildman–Crippen MR) is 79.6 cm³/mol. The molecule has 0 spiro atoms. The highest BCUT2D eigenvalue weighted by Crippen LogP contribution is 2.23. The number of unbranched alkanes of at least 4 members (excludes halogenated alkanes) is 2. The summed E-state index contributed by atoms with van der Waals surface area (Å²) in [5.41, 5.74) is 2.34. The molecule has 17 heavy (non-hydrogen) atoms. The lowest BCUT2D eigenvalue weighted by molar-refractivity contribution is 0.474. The highest BCUT2D eigenvalue weighted by Gasteiger charge is 2.10. The first-order chi connectivity index (χ1) is 8.11. The average Bonchev–Trinajstić information content (AvgIpc) is 2.28. The van der Waals surface area contributed by atoms with Crippen LogP contribution in [0.4, 0.5) is 0 Å². The van der Waals surface area contributed by atoms with E-state index in [1.54, 1.807) is 0 Å².